The van der Waals surface area contributed by atoms with E-state index in [2.05, 4.69) is 17.6 Å². The summed E-state index contributed by atoms with van der Waals surface area (Å²) in [5.74, 6) is 0.764. The Balaban J connectivity index is 1.97. The number of benzene rings is 1. The van der Waals surface area contributed by atoms with Crippen LogP contribution < -0.4 is 15.4 Å². The van der Waals surface area contributed by atoms with Gasteiger partial charge in [0.2, 0.25) is 0 Å². The molecule has 1 aliphatic heterocycles. The average molecular weight is 306 g/mol. The molecule has 0 aliphatic carbocycles. The summed E-state index contributed by atoms with van der Waals surface area (Å²) in [6.45, 7) is 8.56. The molecule has 1 fully saturated rings. The van der Waals surface area contributed by atoms with Gasteiger partial charge in [-0.05, 0) is 31.9 Å². The highest BCUT2D eigenvalue weighted by atomic mass is 16.5. The van der Waals surface area contributed by atoms with E-state index in [1.54, 1.807) is 0 Å². The minimum atomic E-state index is -0.405. The molecule has 0 bridgehead atoms. The van der Waals surface area contributed by atoms with E-state index >= 15 is 0 Å². The Kier molecular flexibility index (Phi) is 6.21. The topological polar surface area (TPSA) is 59.6 Å². The molecule has 2 unspecified atom stereocenters. The van der Waals surface area contributed by atoms with Crippen LogP contribution in [0.4, 0.5) is 0 Å². The Morgan fingerprint density at radius 1 is 1.55 bits per heavy atom. The van der Waals surface area contributed by atoms with Gasteiger partial charge in [-0.25, -0.2) is 0 Å². The van der Waals surface area contributed by atoms with Crippen LogP contribution in [0.15, 0.2) is 18.2 Å². The maximum absolute atomic E-state index is 12.1. The van der Waals surface area contributed by atoms with Gasteiger partial charge in [-0.1, -0.05) is 19.1 Å². The Morgan fingerprint density at radius 3 is 3.05 bits per heavy atom. The van der Waals surface area contributed by atoms with Gasteiger partial charge in [-0.15, -0.1) is 0 Å². The van der Waals surface area contributed by atoms with Crippen molar-refractivity contribution in [1.82, 2.24) is 10.6 Å². The fourth-order valence-corrected chi connectivity index (χ4v) is 2.25. The van der Waals surface area contributed by atoms with Crippen molar-refractivity contribution in [2.45, 2.75) is 45.9 Å². The lowest BCUT2D eigenvalue weighted by Crippen LogP contribution is -2.47. The van der Waals surface area contributed by atoms with Crippen LogP contribution in [0.5, 0.6) is 5.75 Å². The molecule has 2 atom stereocenters. The van der Waals surface area contributed by atoms with Gasteiger partial charge < -0.3 is 20.1 Å². The fraction of sp³-hybridized carbons (Fsp3) is 0.588. The monoisotopic (exact) mass is 306 g/mol. The predicted octanol–water partition coefficient (Wildman–Crippen LogP) is 1.78. The van der Waals surface area contributed by atoms with Crippen molar-refractivity contribution in [1.29, 1.82) is 0 Å². The Morgan fingerprint density at radius 2 is 2.36 bits per heavy atom. The third-order valence-electron chi connectivity index (χ3n) is 3.80. The van der Waals surface area contributed by atoms with Crippen LogP contribution in [0.1, 0.15) is 31.4 Å². The largest absolute Gasteiger partial charge is 0.490 e. The van der Waals surface area contributed by atoms with Gasteiger partial charge in [-0.2, -0.15) is 0 Å². The highest BCUT2D eigenvalue weighted by Gasteiger charge is 2.21. The first kappa shape index (κ1) is 16.8. The predicted molar refractivity (Wildman–Crippen MR) is 86.0 cm³/mol. The van der Waals surface area contributed by atoms with E-state index in [4.69, 9.17) is 9.47 Å². The second-order valence-corrected chi connectivity index (χ2v) is 5.73. The number of aryl methyl sites for hydroxylation is 1. The smallest absolute Gasteiger partial charge is 0.250 e. The summed E-state index contributed by atoms with van der Waals surface area (Å²) in [6, 6.07) is 6.06. The van der Waals surface area contributed by atoms with E-state index in [-0.39, 0.29) is 12.0 Å². The number of ether oxygens (including phenoxy) is 2. The molecule has 0 spiro atoms. The molecule has 5 heteroatoms. The number of carbonyl (C=O) groups excluding carboxylic acids is 1. The average Bonchev–Trinajstić information content (AvgIpc) is 2.54. The fourth-order valence-electron chi connectivity index (χ4n) is 2.25. The number of hydrogen-bond acceptors (Lipinski definition) is 4. The first-order valence-corrected chi connectivity index (χ1v) is 7.96. The molecular weight excluding hydrogens is 280 g/mol. The minimum absolute atomic E-state index is 0.0812. The summed E-state index contributed by atoms with van der Waals surface area (Å²) >= 11 is 0. The number of hydrogen-bond donors (Lipinski definition) is 2. The second-order valence-electron chi connectivity index (χ2n) is 5.73. The van der Waals surface area contributed by atoms with E-state index < -0.39 is 6.10 Å². The zero-order chi connectivity index (χ0) is 15.9. The van der Waals surface area contributed by atoms with Crippen LogP contribution in [0.2, 0.25) is 0 Å². The molecule has 2 rings (SSSR count). The molecule has 0 radical (unpaired) electrons. The number of amides is 1. The first-order valence-electron chi connectivity index (χ1n) is 7.96. The summed E-state index contributed by atoms with van der Waals surface area (Å²) in [5, 5.41) is 6.09. The Bertz CT molecular complexity index is 499. The molecule has 1 aromatic carbocycles. The zero-order valence-electron chi connectivity index (χ0n) is 13.6. The minimum Gasteiger partial charge on any atom is -0.490 e. The lowest BCUT2D eigenvalue weighted by molar-refractivity contribution is -0.134. The van der Waals surface area contributed by atoms with E-state index in [0.29, 0.717) is 19.7 Å². The SMILES string of the molecule is CCC(C)Oc1cc(C)ccc1CNC(=O)C1CNCCO1. The van der Waals surface area contributed by atoms with Crippen LogP contribution in [0, 0.1) is 6.92 Å². The van der Waals surface area contributed by atoms with Crippen molar-refractivity contribution in [2.24, 2.45) is 0 Å². The maximum atomic E-state index is 12.1. The van der Waals surface area contributed by atoms with Crippen LogP contribution in [0.3, 0.4) is 0 Å². The quantitative estimate of drug-likeness (QED) is 0.841. The molecular formula is C17H26N2O3. The number of morpholine rings is 1. The van der Waals surface area contributed by atoms with E-state index in [1.165, 1.54) is 0 Å². The van der Waals surface area contributed by atoms with Gasteiger partial charge in [-0.3, -0.25) is 4.79 Å². The lowest BCUT2D eigenvalue weighted by Gasteiger charge is -2.23. The summed E-state index contributed by atoms with van der Waals surface area (Å²) in [6.07, 6.45) is 0.696. The van der Waals surface area contributed by atoms with Gasteiger partial charge in [0.05, 0.1) is 12.7 Å². The Labute approximate surface area is 132 Å². The summed E-state index contributed by atoms with van der Waals surface area (Å²) in [7, 11) is 0. The molecule has 1 heterocycles. The standard InChI is InChI=1S/C17H26N2O3/c1-4-13(3)22-15-9-12(2)5-6-14(15)10-19-17(20)16-11-18-7-8-21-16/h5-6,9,13,16,18H,4,7-8,10-11H2,1-3H3,(H,19,20). The molecule has 22 heavy (non-hydrogen) atoms. The van der Waals surface area contributed by atoms with Gasteiger partial charge >= 0.3 is 0 Å². The highest BCUT2D eigenvalue weighted by Crippen LogP contribution is 2.22. The Hall–Kier alpha value is -1.59. The van der Waals surface area contributed by atoms with Crippen molar-refractivity contribution in [3.8, 4) is 5.75 Å². The number of rotatable bonds is 6. The van der Waals surface area contributed by atoms with Crippen molar-refractivity contribution in [3.05, 3.63) is 29.3 Å². The zero-order valence-corrected chi connectivity index (χ0v) is 13.6. The molecule has 2 N–H and O–H groups in total. The van der Waals surface area contributed by atoms with E-state index in [0.717, 1.165) is 29.8 Å². The van der Waals surface area contributed by atoms with Crippen LogP contribution >= 0.6 is 0 Å². The third-order valence-corrected chi connectivity index (χ3v) is 3.80. The van der Waals surface area contributed by atoms with Crippen molar-refractivity contribution < 1.29 is 14.3 Å². The third kappa shape index (κ3) is 4.71. The molecule has 1 amide bonds. The van der Waals surface area contributed by atoms with Gasteiger partial charge in [0.1, 0.15) is 11.9 Å². The van der Waals surface area contributed by atoms with Crippen LogP contribution in [-0.4, -0.2) is 37.8 Å². The molecule has 1 aliphatic rings. The molecule has 1 aromatic rings. The molecule has 0 aromatic heterocycles. The molecule has 122 valence electrons. The number of nitrogens with one attached hydrogen (secondary N) is 2. The lowest BCUT2D eigenvalue weighted by atomic mass is 10.1. The van der Waals surface area contributed by atoms with Gasteiger partial charge in [0.15, 0.2) is 0 Å². The second kappa shape index (κ2) is 8.15. The maximum Gasteiger partial charge on any atom is 0.250 e. The molecule has 5 nitrogen and oxygen atoms in total. The molecule has 0 saturated carbocycles. The van der Waals surface area contributed by atoms with Crippen molar-refractivity contribution >= 4 is 5.91 Å². The van der Waals surface area contributed by atoms with Gasteiger partial charge in [0.25, 0.3) is 5.91 Å². The van der Waals surface area contributed by atoms with E-state index in [1.807, 2.05) is 32.0 Å². The van der Waals surface area contributed by atoms with Crippen molar-refractivity contribution in [2.75, 3.05) is 19.7 Å². The van der Waals surface area contributed by atoms with Crippen LogP contribution in [-0.2, 0) is 16.1 Å². The van der Waals surface area contributed by atoms with Gasteiger partial charge in [0, 0.05) is 25.2 Å². The van der Waals surface area contributed by atoms with E-state index in [9.17, 15) is 4.79 Å². The normalized spacial score (nSPS) is 19.5. The van der Waals surface area contributed by atoms with Crippen molar-refractivity contribution in [3.63, 3.8) is 0 Å². The summed E-state index contributed by atoms with van der Waals surface area (Å²) < 4.78 is 11.4. The highest BCUT2D eigenvalue weighted by molar-refractivity contribution is 5.81. The first-order chi connectivity index (χ1) is 10.6. The number of carbonyl (C=O) groups is 1. The molecule has 1 saturated heterocycles. The summed E-state index contributed by atoms with van der Waals surface area (Å²) in [4.78, 5) is 12.1. The summed E-state index contributed by atoms with van der Waals surface area (Å²) in [5.41, 5.74) is 2.14. The van der Waals surface area contributed by atoms with Crippen LogP contribution in [0.25, 0.3) is 0 Å².